The van der Waals surface area contributed by atoms with Crippen LogP contribution in [0.25, 0.3) is 6.08 Å². The molecule has 0 bridgehead atoms. The summed E-state index contributed by atoms with van der Waals surface area (Å²) < 4.78 is 0. The molecule has 0 saturated heterocycles. The average molecular weight is 197 g/mol. The predicted octanol–water partition coefficient (Wildman–Crippen LogP) is 0.0199. The van der Waals surface area contributed by atoms with Gasteiger partial charge in [0, 0.05) is 11.9 Å². The number of guanidine groups is 1. The van der Waals surface area contributed by atoms with Crippen LogP contribution in [0.3, 0.4) is 0 Å². The number of hydrogen-bond donors (Lipinski definition) is 3. The Morgan fingerprint density at radius 2 is 2.38 bits per heavy atom. The molecule has 0 unspecified atom stereocenters. The lowest BCUT2D eigenvalue weighted by Crippen LogP contribution is -2.21. The first-order chi connectivity index (χ1) is 6.22. The standard InChI is InChI=1S/C7H11N5S/c8-3-1-2-5-4-13-7(11-5)12-6(9)10/h1-2,4H,3,8H2,(H4,9,10,11,12). The Bertz CT molecular complexity index is 323. The maximum atomic E-state index is 5.29. The molecular formula is C7H11N5S. The summed E-state index contributed by atoms with van der Waals surface area (Å²) in [4.78, 5) is 7.92. The summed E-state index contributed by atoms with van der Waals surface area (Å²) in [5.41, 5.74) is 16.5. The number of aromatic nitrogens is 1. The number of rotatable bonds is 3. The third-order valence-corrected chi connectivity index (χ3v) is 1.91. The van der Waals surface area contributed by atoms with Crippen molar-refractivity contribution >= 4 is 28.5 Å². The fraction of sp³-hybridized carbons (Fsp3) is 0.143. The van der Waals surface area contributed by atoms with E-state index >= 15 is 0 Å². The number of nitrogens with two attached hydrogens (primary N) is 3. The smallest absolute Gasteiger partial charge is 0.212 e. The third kappa shape index (κ3) is 3.22. The van der Waals surface area contributed by atoms with Gasteiger partial charge in [-0.1, -0.05) is 6.08 Å². The molecule has 1 aromatic rings. The highest BCUT2D eigenvalue weighted by Gasteiger charge is 1.96. The number of aliphatic imine (C=N–C) groups is 1. The van der Waals surface area contributed by atoms with Crippen molar-refractivity contribution in [2.24, 2.45) is 22.2 Å². The van der Waals surface area contributed by atoms with Crippen LogP contribution in [0.1, 0.15) is 5.69 Å². The molecule has 70 valence electrons. The molecule has 6 N–H and O–H groups in total. The average Bonchev–Trinajstić information content (AvgIpc) is 2.48. The third-order valence-electron chi connectivity index (χ3n) is 1.16. The summed E-state index contributed by atoms with van der Waals surface area (Å²) in [5, 5.41) is 2.41. The van der Waals surface area contributed by atoms with Gasteiger partial charge in [-0.2, -0.15) is 4.99 Å². The van der Waals surface area contributed by atoms with Gasteiger partial charge < -0.3 is 17.2 Å². The van der Waals surface area contributed by atoms with Crippen molar-refractivity contribution in [3.8, 4) is 0 Å². The van der Waals surface area contributed by atoms with Crippen molar-refractivity contribution in [1.82, 2.24) is 4.98 Å². The van der Waals surface area contributed by atoms with Crippen LogP contribution in [-0.4, -0.2) is 17.5 Å². The van der Waals surface area contributed by atoms with E-state index in [4.69, 9.17) is 17.2 Å². The zero-order chi connectivity index (χ0) is 9.68. The van der Waals surface area contributed by atoms with Crippen LogP contribution >= 0.6 is 11.3 Å². The first-order valence-corrected chi connectivity index (χ1v) is 4.52. The van der Waals surface area contributed by atoms with E-state index in [-0.39, 0.29) is 5.96 Å². The maximum absolute atomic E-state index is 5.29. The van der Waals surface area contributed by atoms with E-state index in [1.807, 2.05) is 17.5 Å². The molecule has 0 amide bonds. The highest BCUT2D eigenvalue weighted by Crippen LogP contribution is 2.18. The van der Waals surface area contributed by atoms with Crippen molar-refractivity contribution in [2.45, 2.75) is 0 Å². The second-order valence-corrected chi connectivity index (χ2v) is 3.07. The van der Waals surface area contributed by atoms with Gasteiger partial charge in [-0.25, -0.2) is 4.98 Å². The Morgan fingerprint density at radius 1 is 1.62 bits per heavy atom. The van der Waals surface area contributed by atoms with E-state index in [0.29, 0.717) is 11.7 Å². The number of nitrogens with zero attached hydrogens (tertiary/aromatic N) is 2. The minimum Gasteiger partial charge on any atom is -0.370 e. The van der Waals surface area contributed by atoms with Crippen molar-refractivity contribution in [2.75, 3.05) is 6.54 Å². The molecule has 0 fully saturated rings. The first-order valence-electron chi connectivity index (χ1n) is 3.64. The Balaban J connectivity index is 2.75. The van der Waals surface area contributed by atoms with Gasteiger partial charge in [0.15, 0.2) is 5.96 Å². The Hall–Kier alpha value is -1.40. The van der Waals surface area contributed by atoms with Gasteiger partial charge in [-0.15, -0.1) is 11.3 Å². The molecular weight excluding hydrogens is 186 g/mol. The molecule has 0 saturated carbocycles. The fourth-order valence-electron chi connectivity index (χ4n) is 0.703. The summed E-state index contributed by atoms with van der Waals surface area (Å²) >= 11 is 1.38. The number of thiazole rings is 1. The molecule has 1 heterocycles. The molecule has 5 nitrogen and oxygen atoms in total. The van der Waals surface area contributed by atoms with Gasteiger partial charge in [0.25, 0.3) is 0 Å². The molecule has 0 aliphatic heterocycles. The highest BCUT2D eigenvalue weighted by molar-refractivity contribution is 7.13. The lowest BCUT2D eigenvalue weighted by atomic mass is 10.4. The fourth-order valence-corrected chi connectivity index (χ4v) is 1.38. The van der Waals surface area contributed by atoms with Crippen LogP contribution in [0.5, 0.6) is 0 Å². The van der Waals surface area contributed by atoms with Crippen LogP contribution in [-0.2, 0) is 0 Å². The quantitative estimate of drug-likeness (QED) is 0.469. The first kappa shape index (κ1) is 9.69. The molecule has 0 spiro atoms. The van der Waals surface area contributed by atoms with Gasteiger partial charge in [-0.05, 0) is 6.08 Å². The van der Waals surface area contributed by atoms with Crippen LogP contribution in [0.4, 0.5) is 5.13 Å². The topological polar surface area (TPSA) is 103 Å². The molecule has 1 rings (SSSR count). The molecule has 0 radical (unpaired) electrons. The molecule has 13 heavy (non-hydrogen) atoms. The minimum absolute atomic E-state index is 0.0173. The summed E-state index contributed by atoms with van der Waals surface area (Å²) in [6.45, 7) is 0.495. The van der Waals surface area contributed by atoms with E-state index in [0.717, 1.165) is 5.69 Å². The second kappa shape index (κ2) is 4.58. The molecule has 0 aliphatic rings. The van der Waals surface area contributed by atoms with E-state index < -0.39 is 0 Å². The van der Waals surface area contributed by atoms with Crippen molar-refractivity contribution < 1.29 is 0 Å². The van der Waals surface area contributed by atoms with Crippen molar-refractivity contribution in [1.29, 1.82) is 0 Å². The van der Waals surface area contributed by atoms with Gasteiger partial charge in [-0.3, -0.25) is 0 Å². The monoisotopic (exact) mass is 197 g/mol. The summed E-state index contributed by atoms with van der Waals surface area (Å²) in [5.74, 6) is 0.0173. The molecule has 0 aromatic carbocycles. The summed E-state index contributed by atoms with van der Waals surface area (Å²) in [6.07, 6.45) is 3.64. The second-order valence-electron chi connectivity index (χ2n) is 2.23. The minimum atomic E-state index is 0.0173. The van der Waals surface area contributed by atoms with Crippen LogP contribution in [0.15, 0.2) is 16.4 Å². The van der Waals surface area contributed by atoms with Gasteiger partial charge in [0.2, 0.25) is 5.13 Å². The molecule has 1 aromatic heterocycles. The molecule has 0 aliphatic carbocycles. The Kier molecular flexibility index (Phi) is 3.41. The zero-order valence-electron chi connectivity index (χ0n) is 6.97. The van der Waals surface area contributed by atoms with E-state index in [1.54, 1.807) is 0 Å². The lowest BCUT2D eigenvalue weighted by Gasteiger charge is -1.85. The van der Waals surface area contributed by atoms with Crippen LogP contribution in [0.2, 0.25) is 0 Å². The van der Waals surface area contributed by atoms with E-state index in [2.05, 4.69) is 9.98 Å². The zero-order valence-corrected chi connectivity index (χ0v) is 7.79. The van der Waals surface area contributed by atoms with Crippen LogP contribution < -0.4 is 17.2 Å². The largest absolute Gasteiger partial charge is 0.370 e. The number of hydrogen-bond acceptors (Lipinski definition) is 4. The molecule has 0 atom stereocenters. The Morgan fingerprint density at radius 3 is 3.00 bits per heavy atom. The lowest BCUT2D eigenvalue weighted by molar-refractivity contribution is 1.25. The Labute approximate surface area is 80.0 Å². The predicted molar refractivity (Wildman–Crippen MR) is 55.7 cm³/mol. The SMILES string of the molecule is NCC=Cc1csc(N=C(N)N)n1. The van der Waals surface area contributed by atoms with Gasteiger partial charge in [0.05, 0.1) is 5.69 Å². The van der Waals surface area contributed by atoms with Crippen molar-refractivity contribution in [3.63, 3.8) is 0 Å². The molecule has 6 heteroatoms. The summed E-state index contributed by atoms with van der Waals surface area (Å²) in [7, 11) is 0. The summed E-state index contributed by atoms with van der Waals surface area (Å²) in [6, 6.07) is 0. The van der Waals surface area contributed by atoms with Crippen LogP contribution in [0, 0.1) is 0 Å². The van der Waals surface area contributed by atoms with Gasteiger partial charge in [0.1, 0.15) is 0 Å². The maximum Gasteiger partial charge on any atom is 0.212 e. The highest BCUT2D eigenvalue weighted by atomic mass is 32.1. The van der Waals surface area contributed by atoms with E-state index in [9.17, 15) is 0 Å². The van der Waals surface area contributed by atoms with Gasteiger partial charge >= 0.3 is 0 Å². The van der Waals surface area contributed by atoms with E-state index in [1.165, 1.54) is 11.3 Å². The normalized spacial score (nSPS) is 10.5. The van der Waals surface area contributed by atoms with Crippen molar-refractivity contribution in [3.05, 3.63) is 17.2 Å².